The minimum atomic E-state index is -0.639. The summed E-state index contributed by atoms with van der Waals surface area (Å²) in [5.41, 5.74) is 4.34. The predicted octanol–water partition coefficient (Wildman–Crippen LogP) is -1.83. The van der Waals surface area contributed by atoms with Crippen molar-refractivity contribution in [3.8, 4) is 0 Å². The van der Waals surface area contributed by atoms with Crippen LogP contribution in [0.5, 0.6) is 0 Å². The first-order valence-electron chi connectivity index (χ1n) is 2.45. The third-order valence-electron chi connectivity index (χ3n) is 0.328. The van der Waals surface area contributed by atoms with E-state index in [1.165, 1.54) is 0 Å². The molecular weight excluding hydrogens is 220 g/mol. The van der Waals surface area contributed by atoms with Crippen LogP contribution in [0.2, 0.25) is 0 Å². The largest absolute Gasteiger partial charge is 0.412 e. The number of hydrogen-bond acceptors (Lipinski definition) is 2. The van der Waals surface area contributed by atoms with Crippen LogP contribution in [0.3, 0.4) is 0 Å². The van der Waals surface area contributed by atoms with Crippen molar-refractivity contribution in [2.75, 3.05) is 6.54 Å². The van der Waals surface area contributed by atoms with E-state index in [-0.39, 0.29) is 21.7 Å². The number of amides is 2. The lowest BCUT2D eigenvalue weighted by Crippen LogP contribution is -2.14. The molecule has 0 aliphatic rings. The van der Waals surface area contributed by atoms with Crippen molar-refractivity contribution < 1.29 is 26.0 Å². The molecule has 0 rings (SSSR count). The van der Waals surface area contributed by atoms with E-state index < -0.39 is 5.24 Å². The van der Waals surface area contributed by atoms with E-state index in [0.717, 1.165) is 0 Å². The molecule has 84 valence electrons. The quantitative estimate of drug-likeness (QED) is 0.393. The Hall–Kier alpha value is -0.480. The average Bonchev–Trinajstić information content (AvgIpc) is 1.62. The maximum atomic E-state index is 9.80. The van der Waals surface area contributed by atoms with E-state index in [0.29, 0.717) is 6.54 Å². The number of primary amides is 1. The predicted molar refractivity (Wildman–Crippen MR) is 57.5 cm³/mol. The van der Waals surface area contributed by atoms with Gasteiger partial charge in [0.2, 0.25) is 0 Å². The summed E-state index contributed by atoms with van der Waals surface area (Å²) in [5, 5.41) is 1.53. The fourth-order valence-corrected chi connectivity index (χ4v) is 0.309. The zero-order valence-corrected chi connectivity index (χ0v) is 8.78. The second-order valence-electron chi connectivity index (χ2n) is 1.17. The van der Waals surface area contributed by atoms with Gasteiger partial charge in [-0.3, -0.25) is 9.59 Å². The number of carbonyl (C=O) groups excluding carboxylic acids is 2. The van der Waals surface area contributed by atoms with E-state index in [4.69, 9.17) is 4.79 Å². The Morgan fingerprint density at radius 1 is 1.23 bits per heavy atom. The minimum absolute atomic E-state index is 0. The summed E-state index contributed by atoms with van der Waals surface area (Å²) in [6.45, 7) is 2.50. The number of nitrogens with one attached hydrogen (secondary N) is 1. The Bertz CT molecular complexity index is 119. The summed E-state index contributed by atoms with van der Waals surface area (Å²) in [5.74, 6) is 0. The molecule has 0 aromatic carbocycles. The highest BCUT2D eigenvalue weighted by Crippen LogP contribution is 1.70. The fraction of sp³-hybridized carbons (Fsp3) is 0.500. The molecule has 0 aromatic rings. The second-order valence-corrected chi connectivity index (χ2v) is 2.02. The van der Waals surface area contributed by atoms with Gasteiger partial charge in [0.15, 0.2) is 0 Å². The third-order valence-corrected chi connectivity index (χ3v) is 0.486. The molecule has 0 unspecified atom stereocenters. The molecule has 7 nitrogen and oxygen atoms in total. The van der Waals surface area contributed by atoms with Gasteiger partial charge in [-0.2, -0.15) is 0 Å². The molecule has 2 amide bonds. The van der Waals surface area contributed by atoms with Crippen LogP contribution < -0.4 is 11.1 Å². The van der Waals surface area contributed by atoms with Crippen LogP contribution in [0.25, 0.3) is 0 Å². The molecule has 0 saturated carbocycles. The Morgan fingerprint density at radius 2 is 1.46 bits per heavy atom. The van der Waals surface area contributed by atoms with Crippen molar-refractivity contribution in [1.82, 2.24) is 5.32 Å². The van der Waals surface area contributed by atoms with Gasteiger partial charge in [0.05, 0.1) is 0 Å². The standard InChI is InChI=1S/C3H7NOS.CH3NOS.3H2O/c1-2-4-3(5)6;2-1(3)4;;;/h2H2,1H3,(H2,4,5,6);(H3,2,3,4);3*1H2. The zero-order valence-electron chi connectivity index (χ0n) is 7.00. The van der Waals surface area contributed by atoms with Crippen molar-refractivity contribution >= 4 is 35.7 Å². The van der Waals surface area contributed by atoms with Gasteiger partial charge in [0.1, 0.15) is 0 Å². The van der Waals surface area contributed by atoms with Gasteiger partial charge in [-0.1, -0.05) is 25.3 Å². The van der Waals surface area contributed by atoms with Crippen LogP contribution in [0.1, 0.15) is 6.92 Å². The molecule has 9 N–H and O–H groups in total. The Kier molecular flexibility index (Phi) is 51.0. The number of carbonyl (C=O) groups is 2. The molecule has 0 saturated heterocycles. The van der Waals surface area contributed by atoms with Crippen LogP contribution in [0, 0.1) is 0 Å². The molecule has 0 aliphatic heterocycles. The molecule has 0 spiro atoms. The minimum Gasteiger partial charge on any atom is -0.412 e. The van der Waals surface area contributed by atoms with Crippen LogP contribution >= 0.6 is 25.3 Å². The van der Waals surface area contributed by atoms with Crippen molar-refractivity contribution in [2.45, 2.75) is 6.92 Å². The van der Waals surface area contributed by atoms with E-state index in [9.17, 15) is 4.79 Å². The van der Waals surface area contributed by atoms with Crippen molar-refractivity contribution in [3.05, 3.63) is 0 Å². The molecule has 13 heavy (non-hydrogen) atoms. The number of nitrogens with two attached hydrogens (primary N) is 1. The summed E-state index contributed by atoms with van der Waals surface area (Å²) in [7, 11) is 0. The monoisotopic (exact) mass is 236 g/mol. The van der Waals surface area contributed by atoms with Crippen LogP contribution in [0.15, 0.2) is 0 Å². The second kappa shape index (κ2) is 22.5. The maximum absolute atomic E-state index is 9.80. The summed E-state index contributed by atoms with van der Waals surface area (Å²) >= 11 is 6.53. The summed E-state index contributed by atoms with van der Waals surface area (Å²) < 4.78 is 0. The van der Waals surface area contributed by atoms with Gasteiger partial charge >= 0.3 is 0 Å². The first kappa shape index (κ1) is 29.4. The van der Waals surface area contributed by atoms with E-state index in [1.807, 2.05) is 6.92 Å². The number of rotatable bonds is 1. The Morgan fingerprint density at radius 3 is 1.46 bits per heavy atom. The van der Waals surface area contributed by atoms with E-state index >= 15 is 0 Å². The van der Waals surface area contributed by atoms with Crippen molar-refractivity contribution in [3.63, 3.8) is 0 Å². The van der Waals surface area contributed by atoms with E-state index in [2.05, 4.69) is 36.3 Å². The lowest BCUT2D eigenvalue weighted by atomic mass is 10.8. The fourth-order valence-electron chi connectivity index (χ4n) is 0.151. The molecule has 0 aliphatic carbocycles. The SMILES string of the molecule is CCNC(=O)S.NC(=O)S.O.O.O. The first-order chi connectivity index (χ1) is 4.50. The van der Waals surface area contributed by atoms with Crippen LogP contribution in [0.4, 0.5) is 9.59 Å². The Labute approximate surface area is 86.8 Å². The summed E-state index contributed by atoms with van der Waals surface area (Å²) in [4.78, 5) is 18.9. The summed E-state index contributed by atoms with van der Waals surface area (Å²) in [6.07, 6.45) is 0. The third kappa shape index (κ3) is 164. The molecule has 0 radical (unpaired) electrons. The molecule has 0 heterocycles. The highest BCUT2D eigenvalue weighted by molar-refractivity contribution is 7.96. The van der Waals surface area contributed by atoms with Crippen LogP contribution in [-0.2, 0) is 0 Å². The lowest BCUT2D eigenvalue weighted by Gasteiger charge is -1.87. The van der Waals surface area contributed by atoms with Crippen molar-refractivity contribution in [2.24, 2.45) is 5.73 Å². The number of thiol groups is 2. The normalized spacial score (nSPS) is 5.46. The van der Waals surface area contributed by atoms with E-state index in [1.54, 1.807) is 0 Å². The van der Waals surface area contributed by atoms with Gasteiger partial charge in [-0.15, -0.1) is 0 Å². The number of hydrogen-bond donors (Lipinski definition) is 4. The van der Waals surface area contributed by atoms with Gasteiger partial charge in [0.25, 0.3) is 10.5 Å². The molecule has 0 atom stereocenters. The zero-order chi connectivity index (χ0) is 8.57. The highest BCUT2D eigenvalue weighted by Gasteiger charge is 1.80. The van der Waals surface area contributed by atoms with Gasteiger partial charge in [-0.25, -0.2) is 0 Å². The lowest BCUT2D eigenvalue weighted by molar-refractivity contribution is 0.261. The van der Waals surface area contributed by atoms with Crippen LogP contribution in [-0.4, -0.2) is 33.5 Å². The van der Waals surface area contributed by atoms with Gasteiger partial charge in [-0.05, 0) is 6.92 Å². The Balaban J connectivity index is -0.0000000279. The molecule has 0 fully saturated rings. The average molecular weight is 236 g/mol. The van der Waals surface area contributed by atoms with Gasteiger partial charge < -0.3 is 27.5 Å². The first-order valence-corrected chi connectivity index (χ1v) is 3.35. The highest BCUT2D eigenvalue weighted by atomic mass is 32.1. The molecular formula is C4H16N2O5S2. The molecule has 9 heteroatoms. The molecule has 0 aromatic heterocycles. The topological polar surface area (TPSA) is 167 Å². The smallest absolute Gasteiger partial charge is 0.275 e. The van der Waals surface area contributed by atoms with Crippen molar-refractivity contribution in [1.29, 1.82) is 0 Å². The van der Waals surface area contributed by atoms with Gasteiger partial charge in [0, 0.05) is 6.54 Å². The summed E-state index contributed by atoms with van der Waals surface area (Å²) in [6, 6.07) is 0. The maximum Gasteiger partial charge on any atom is 0.275 e. The molecule has 0 bridgehead atoms.